The fourth-order valence-electron chi connectivity index (χ4n) is 3.81. The molecule has 0 spiro atoms. The van der Waals surface area contributed by atoms with Crippen LogP contribution in [0.15, 0.2) is 141 Å². The van der Waals surface area contributed by atoms with Crippen molar-refractivity contribution in [1.82, 2.24) is 0 Å². The molecule has 0 saturated carbocycles. The first kappa shape index (κ1) is 46.2. The van der Waals surface area contributed by atoms with Crippen molar-refractivity contribution in [3.63, 3.8) is 0 Å². The third-order valence-electron chi connectivity index (χ3n) is 6.62. The van der Waals surface area contributed by atoms with Crippen molar-refractivity contribution in [2.24, 2.45) is 0 Å². The minimum absolute atomic E-state index is 0.253. The van der Waals surface area contributed by atoms with Gasteiger partial charge in [-0.05, 0) is 71.4 Å². The van der Waals surface area contributed by atoms with Gasteiger partial charge in [-0.1, -0.05) is 99.1 Å². The highest BCUT2D eigenvalue weighted by atomic mass is 16.4. The molecule has 18 heteroatoms. The predicted octanol–water partition coefficient (Wildman–Crippen LogP) is -1.13. The summed E-state index contributed by atoms with van der Waals surface area (Å²) in [6.07, 6.45) is 3.95. The highest BCUT2D eigenvalue weighted by Crippen LogP contribution is 2.07. The zero-order valence-corrected chi connectivity index (χ0v) is 29.4. The van der Waals surface area contributed by atoms with Gasteiger partial charge in [0.05, 0.1) is 0 Å². The van der Waals surface area contributed by atoms with E-state index in [2.05, 4.69) is 42.3 Å². The summed E-state index contributed by atoms with van der Waals surface area (Å²) in [6.45, 7) is 15.3. The SMILES string of the molecule is C=C(C)C(=O)Nc1cccc(B(O)O)c1.C=CC(=O)Nc1cccc(B(O)O)c1.C=CC(=O)Nc1ccccc1B(O)O.C=Cc1ccc(B(O)O)cc1. The zero-order chi connectivity index (χ0) is 40.8. The molecule has 0 saturated heterocycles. The summed E-state index contributed by atoms with van der Waals surface area (Å²) < 4.78 is 0. The Morgan fingerprint density at radius 2 is 1.02 bits per heavy atom. The number of hydrogen-bond donors (Lipinski definition) is 11. The van der Waals surface area contributed by atoms with E-state index in [1.165, 1.54) is 18.2 Å². The lowest BCUT2D eigenvalue weighted by Crippen LogP contribution is -2.33. The first-order chi connectivity index (χ1) is 25.5. The largest absolute Gasteiger partial charge is 0.490 e. The summed E-state index contributed by atoms with van der Waals surface area (Å²) in [5.41, 5.74) is 4.14. The molecule has 0 radical (unpaired) electrons. The molecule has 0 heterocycles. The summed E-state index contributed by atoms with van der Waals surface area (Å²) in [7, 11) is -6.05. The van der Waals surface area contributed by atoms with E-state index >= 15 is 0 Å². The smallest absolute Gasteiger partial charge is 0.423 e. The van der Waals surface area contributed by atoms with Crippen LogP contribution in [-0.2, 0) is 14.4 Å². The molecule has 3 amide bonds. The van der Waals surface area contributed by atoms with Crippen molar-refractivity contribution < 1.29 is 54.6 Å². The van der Waals surface area contributed by atoms with Crippen molar-refractivity contribution in [3.8, 4) is 0 Å². The molecule has 0 aromatic heterocycles. The van der Waals surface area contributed by atoms with Crippen molar-refractivity contribution >= 4 is 91.2 Å². The number of anilines is 3. The highest BCUT2D eigenvalue weighted by Gasteiger charge is 2.16. The summed E-state index contributed by atoms with van der Waals surface area (Å²) in [5.74, 6) is -1.02. The molecule has 0 aliphatic heterocycles. The molecule has 14 nitrogen and oxygen atoms in total. The van der Waals surface area contributed by atoms with Crippen LogP contribution >= 0.6 is 0 Å². The molecule has 0 unspecified atom stereocenters. The Morgan fingerprint density at radius 1 is 0.556 bits per heavy atom. The molecule has 4 aromatic carbocycles. The van der Waals surface area contributed by atoms with Crippen LogP contribution in [0.5, 0.6) is 0 Å². The predicted molar refractivity (Wildman–Crippen MR) is 216 cm³/mol. The Labute approximate surface area is 314 Å². The Kier molecular flexibility index (Phi) is 20.9. The number of rotatable bonds is 11. The zero-order valence-electron chi connectivity index (χ0n) is 29.4. The Morgan fingerprint density at radius 3 is 1.44 bits per heavy atom. The van der Waals surface area contributed by atoms with Gasteiger partial charge in [-0.25, -0.2) is 0 Å². The molecule has 0 aliphatic rings. The molecule has 0 bridgehead atoms. The van der Waals surface area contributed by atoms with Crippen molar-refractivity contribution in [3.05, 3.63) is 147 Å². The standard InChI is InChI=1S/C10H12BNO3.2C9H10BNO3.C8H9BO2/c1-7(2)10(13)12-9-5-3-4-8(6-9)11(14)15;1-2-9(12)11-8-5-3-4-7(6-8)10(13)14;1-2-9(12)11-8-6-4-3-5-7(8)10(13)14;1-2-7-3-5-8(6-4-7)9(10)11/h3-6,14-15H,1H2,2H3,(H,12,13);2*2-6,13-14H,1H2,(H,11,12);2-6,10-11H,1H2. The van der Waals surface area contributed by atoms with Crippen LogP contribution in [0.1, 0.15) is 12.5 Å². The lowest BCUT2D eigenvalue weighted by Gasteiger charge is -2.08. The van der Waals surface area contributed by atoms with Gasteiger partial charge in [-0.3, -0.25) is 14.4 Å². The topological polar surface area (TPSA) is 249 Å². The number of amides is 3. The molecule has 4 aromatic rings. The molecule has 4 rings (SSSR count). The molecule has 0 aliphatic carbocycles. The average Bonchev–Trinajstić information content (AvgIpc) is 3.15. The lowest BCUT2D eigenvalue weighted by molar-refractivity contribution is -0.113. The normalized spacial score (nSPS) is 9.35. The second kappa shape index (κ2) is 24.4. The van der Waals surface area contributed by atoms with E-state index in [-0.39, 0.29) is 17.3 Å². The van der Waals surface area contributed by atoms with Crippen molar-refractivity contribution in [2.75, 3.05) is 16.0 Å². The van der Waals surface area contributed by atoms with Gasteiger partial charge in [0, 0.05) is 28.1 Å². The maximum Gasteiger partial charge on any atom is 0.490 e. The first-order valence-corrected chi connectivity index (χ1v) is 15.8. The van der Waals surface area contributed by atoms with Gasteiger partial charge in [0.15, 0.2) is 0 Å². The van der Waals surface area contributed by atoms with Crippen molar-refractivity contribution in [1.29, 1.82) is 0 Å². The second-order valence-corrected chi connectivity index (χ2v) is 10.8. The second-order valence-electron chi connectivity index (χ2n) is 10.8. The monoisotopic (exact) mass is 735 g/mol. The summed E-state index contributed by atoms with van der Waals surface area (Å²) in [6, 6.07) is 25.9. The summed E-state index contributed by atoms with van der Waals surface area (Å²) >= 11 is 0. The van der Waals surface area contributed by atoms with E-state index in [0.717, 1.165) is 17.7 Å². The summed E-state index contributed by atoms with van der Waals surface area (Å²) in [5, 5.41) is 78.5. The lowest BCUT2D eigenvalue weighted by atomic mass is 9.79. The van der Waals surface area contributed by atoms with Gasteiger partial charge in [0.25, 0.3) is 5.91 Å². The fourth-order valence-corrected chi connectivity index (χ4v) is 3.81. The third kappa shape index (κ3) is 17.6. The van der Waals surface area contributed by atoms with Crippen LogP contribution < -0.4 is 37.8 Å². The van der Waals surface area contributed by atoms with Crippen LogP contribution in [0.2, 0.25) is 0 Å². The average molecular weight is 735 g/mol. The van der Waals surface area contributed by atoms with Gasteiger partial charge in [-0.15, -0.1) is 0 Å². The summed E-state index contributed by atoms with van der Waals surface area (Å²) in [4.78, 5) is 33.1. The van der Waals surface area contributed by atoms with Crippen LogP contribution in [0, 0.1) is 0 Å². The molecule has 0 fully saturated rings. The number of carbonyl (C=O) groups excluding carboxylic acids is 3. The van der Waals surface area contributed by atoms with Crippen molar-refractivity contribution in [2.45, 2.75) is 6.92 Å². The Bertz CT molecular complexity index is 1870. The number of para-hydroxylation sites is 1. The molecule has 11 N–H and O–H groups in total. The van der Waals surface area contributed by atoms with Gasteiger partial charge in [0.2, 0.25) is 11.8 Å². The molecular weight excluding hydrogens is 694 g/mol. The minimum Gasteiger partial charge on any atom is -0.423 e. The number of nitrogens with one attached hydrogen (secondary N) is 3. The maximum absolute atomic E-state index is 11.3. The highest BCUT2D eigenvalue weighted by molar-refractivity contribution is 6.61. The van der Waals surface area contributed by atoms with E-state index < -0.39 is 34.4 Å². The van der Waals surface area contributed by atoms with Crippen LogP contribution in [0.3, 0.4) is 0 Å². The fraction of sp³-hybridized carbons (Fsp3) is 0.0278. The van der Waals surface area contributed by atoms with E-state index in [9.17, 15) is 14.4 Å². The van der Waals surface area contributed by atoms with Gasteiger partial charge >= 0.3 is 28.5 Å². The van der Waals surface area contributed by atoms with E-state index in [1.54, 1.807) is 91.9 Å². The van der Waals surface area contributed by atoms with E-state index in [0.29, 0.717) is 39.0 Å². The molecule has 54 heavy (non-hydrogen) atoms. The number of benzene rings is 4. The van der Waals surface area contributed by atoms with E-state index in [1.807, 2.05) is 0 Å². The van der Waals surface area contributed by atoms with Gasteiger partial charge < -0.3 is 56.1 Å². The Balaban J connectivity index is 0.000000362. The maximum atomic E-state index is 11.3. The number of carbonyl (C=O) groups is 3. The van der Waals surface area contributed by atoms with Crippen LogP contribution in [0.4, 0.5) is 17.1 Å². The van der Waals surface area contributed by atoms with E-state index in [4.69, 9.17) is 40.2 Å². The van der Waals surface area contributed by atoms with Crippen LogP contribution in [-0.4, -0.2) is 86.4 Å². The Hall–Kier alpha value is -5.81. The first-order valence-electron chi connectivity index (χ1n) is 15.8. The molecule has 278 valence electrons. The minimum atomic E-state index is -1.60. The van der Waals surface area contributed by atoms with Crippen LogP contribution in [0.25, 0.3) is 6.08 Å². The quantitative estimate of drug-likeness (QED) is 0.0650. The third-order valence-corrected chi connectivity index (χ3v) is 6.62. The molecular formula is C36H41B4N3O11. The molecule has 0 atom stereocenters. The van der Waals surface area contributed by atoms with Gasteiger partial charge in [-0.2, -0.15) is 0 Å². The van der Waals surface area contributed by atoms with Gasteiger partial charge in [0.1, 0.15) is 0 Å². The number of hydrogen-bond acceptors (Lipinski definition) is 11.